The molecule has 1 saturated carbocycles. The first-order valence-corrected chi connectivity index (χ1v) is 14.7. The number of aliphatic imine (C=N–C) groups is 1. The van der Waals surface area contributed by atoms with Crippen molar-refractivity contribution in [3.05, 3.63) is 59.7 Å². The van der Waals surface area contributed by atoms with E-state index < -0.39 is 0 Å². The Morgan fingerprint density at radius 2 is 2.08 bits per heavy atom. The summed E-state index contributed by atoms with van der Waals surface area (Å²) in [6, 6.07) is 5.65. The molecule has 2 heterocycles. The molecule has 1 aromatic carbocycles. The van der Waals surface area contributed by atoms with E-state index in [1.54, 1.807) is 6.07 Å². The molecular formula is C32H47N2O4+. The number of benzene rings is 1. The third kappa shape index (κ3) is 8.55. The van der Waals surface area contributed by atoms with E-state index in [1.807, 2.05) is 25.3 Å². The van der Waals surface area contributed by atoms with E-state index in [1.165, 1.54) is 44.4 Å². The second-order valence-electron chi connectivity index (χ2n) is 11.1. The number of hydrogen-bond acceptors (Lipinski definition) is 5. The Morgan fingerprint density at radius 3 is 2.87 bits per heavy atom. The topological polar surface area (TPSA) is 86.9 Å². The molecule has 0 bridgehead atoms. The maximum atomic E-state index is 10.3. The Balaban J connectivity index is 1.24. The van der Waals surface area contributed by atoms with Gasteiger partial charge in [-0.1, -0.05) is 32.3 Å². The van der Waals surface area contributed by atoms with Crippen LogP contribution in [0.4, 0.5) is 0 Å². The number of phenolic OH excluding ortho intramolecular Hbond substituents is 1. The third-order valence-corrected chi connectivity index (χ3v) is 7.92. The molecule has 0 aromatic heterocycles. The highest BCUT2D eigenvalue weighted by Gasteiger charge is 2.37. The molecule has 0 amide bonds. The zero-order chi connectivity index (χ0) is 26.7. The number of ether oxygens (including phenoxy) is 2. The summed E-state index contributed by atoms with van der Waals surface area (Å²) in [6.45, 7) is 5.99. The number of aryl methyl sites for hydroxylation is 1. The van der Waals surface area contributed by atoms with Gasteiger partial charge >= 0.3 is 0 Å². The molecule has 0 radical (unpaired) electrons. The summed E-state index contributed by atoms with van der Waals surface area (Å²) in [4.78, 5) is 4.68. The molecule has 4 rings (SSSR count). The summed E-state index contributed by atoms with van der Waals surface area (Å²) in [5, 5.41) is 23.4. The molecule has 1 aromatic rings. The lowest BCUT2D eigenvalue weighted by molar-refractivity contribution is -0.0480. The standard InChI is InChI=1S/C32H46N2O4/c1-3-4-9-28-13-14-29(38-28)12-10-24-11-15-31(36)32(18-24)37-17-16-27-19-26(21-34-27)30(22-33-20-23(2)35)25-7-5-6-8-25/h11,13-15,18-19,21,23,25,28,30,33,35,38H,3-10,12,16-17,20,22H2,1-2H3/p+1. The fourth-order valence-electron chi connectivity index (χ4n) is 5.74. The van der Waals surface area contributed by atoms with E-state index in [0.29, 0.717) is 43.3 Å². The van der Waals surface area contributed by atoms with Gasteiger partial charge in [-0.2, -0.15) is 0 Å². The Morgan fingerprint density at radius 1 is 1.24 bits per heavy atom. The second kappa shape index (κ2) is 14.7. The molecule has 6 nitrogen and oxygen atoms in total. The van der Waals surface area contributed by atoms with Gasteiger partial charge in [0, 0.05) is 19.5 Å². The molecule has 6 heteroatoms. The van der Waals surface area contributed by atoms with Crippen LogP contribution in [-0.2, 0) is 6.42 Å². The summed E-state index contributed by atoms with van der Waals surface area (Å²) < 4.78 is 10.8. The van der Waals surface area contributed by atoms with Crippen LogP contribution in [0.5, 0.6) is 11.5 Å². The normalized spacial score (nSPS) is 20.9. The van der Waals surface area contributed by atoms with Gasteiger partial charge in [0.15, 0.2) is 17.2 Å². The van der Waals surface area contributed by atoms with Crippen LogP contribution in [0.15, 0.2) is 47.1 Å². The molecule has 3 unspecified atom stereocenters. The Labute approximate surface area is 229 Å². The molecule has 0 saturated heterocycles. The number of nitrogens with zero attached hydrogens (tertiary/aromatic N) is 1. The predicted molar refractivity (Wildman–Crippen MR) is 154 cm³/mol. The van der Waals surface area contributed by atoms with Crippen molar-refractivity contribution in [2.24, 2.45) is 16.8 Å². The van der Waals surface area contributed by atoms with Crippen LogP contribution < -0.4 is 10.1 Å². The zero-order valence-electron chi connectivity index (χ0n) is 23.2. The van der Waals surface area contributed by atoms with Gasteiger partial charge in [0.2, 0.25) is 0 Å². The Bertz CT molecular complexity index is 951. The summed E-state index contributed by atoms with van der Waals surface area (Å²) in [7, 11) is 0. The fraction of sp³-hybridized carbons (Fsp3) is 0.594. The number of aliphatic hydroxyl groups excluding tert-OH is 1. The van der Waals surface area contributed by atoms with Crippen molar-refractivity contribution in [1.82, 2.24) is 5.32 Å². The van der Waals surface area contributed by atoms with E-state index in [0.717, 1.165) is 43.2 Å². The van der Waals surface area contributed by atoms with Crippen molar-refractivity contribution in [2.45, 2.75) is 90.3 Å². The van der Waals surface area contributed by atoms with Gasteiger partial charge in [-0.25, -0.2) is 0 Å². The minimum Gasteiger partial charge on any atom is -0.504 e. The minimum absolute atomic E-state index is 0.174. The van der Waals surface area contributed by atoms with Crippen molar-refractivity contribution in [3.63, 3.8) is 0 Å². The van der Waals surface area contributed by atoms with Crippen LogP contribution in [0.25, 0.3) is 0 Å². The van der Waals surface area contributed by atoms with Gasteiger partial charge in [-0.3, -0.25) is 0 Å². The van der Waals surface area contributed by atoms with Crippen molar-refractivity contribution in [1.29, 1.82) is 0 Å². The average Bonchev–Trinajstić information content (AvgIpc) is 3.68. The van der Waals surface area contributed by atoms with Gasteiger partial charge in [0.1, 0.15) is 30.9 Å². The van der Waals surface area contributed by atoms with Crippen molar-refractivity contribution in [3.8, 4) is 11.5 Å². The highest BCUT2D eigenvalue weighted by molar-refractivity contribution is 5.83. The van der Waals surface area contributed by atoms with Gasteiger partial charge in [-0.15, -0.1) is 17.1 Å². The zero-order valence-corrected chi connectivity index (χ0v) is 23.2. The molecule has 3 atom stereocenters. The van der Waals surface area contributed by atoms with Crippen LogP contribution in [0.3, 0.4) is 0 Å². The Hall–Kier alpha value is -2.41. The quantitative estimate of drug-likeness (QED) is 0.194. The number of nitrogens with one attached hydrogen (secondary N) is 1. The van der Waals surface area contributed by atoms with E-state index >= 15 is 0 Å². The molecule has 0 spiro atoms. The number of phenols is 1. The number of aliphatic hydroxyl groups is 3. The van der Waals surface area contributed by atoms with Gasteiger partial charge in [0.05, 0.1) is 24.5 Å². The van der Waals surface area contributed by atoms with E-state index in [9.17, 15) is 10.2 Å². The molecule has 2 aliphatic heterocycles. The maximum absolute atomic E-state index is 10.3. The molecule has 1 aliphatic carbocycles. The van der Waals surface area contributed by atoms with Crippen LogP contribution in [0.1, 0.15) is 77.2 Å². The highest BCUT2D eigenvalue weighted by atomic mass is 16.5. The number of allylic oxidation sites excluding steroid dienone is 1. The molecule has 3 aliphatic rings. The number of hydrogen-bond donors (Lipinski definition) is 3. The molecule has 4 N–H and O–H groups in total. The molecule has 208 valence electrons. The van der Waals surface area contributed by atoms with Crippen molar-refractivity contribution < 1.29 is 19.7 Å². The smallest absolute Gasteiger partial charge is 0.178 e. The molecule has 1 fully saturated rings. The van der Waals surface area contributed by atoms with Crippen LogP contribution in [-0.4, -0.2) is 53.1 Å². The van der Waals surface area contributed by atoms with Gasteiger partial charge in [-0.05, 0) is 62.6 Å². The number of unbranched alkanes of at least 4 members (excludes halogenated alkanes) is 1. The maximum Gasteiger partial charge on any atom is 0.178 e. The summed E-state index contributed by atoms with van der Waals surface area (Å²) in [6.07, 6.45) is 21.0. The first kappa shape index (κ1) is 28.6. The molecule has 38 heavy (non-hydrogen) atoms. The predicted octanol–water partition coefficient (Wildman–Crippen LogP) is 5.60. The number of rotatable bonds is 16. The minimum atomic E-state index is -0.337. The van der Waals surface area contributed by atoms with Gasteiger partial charge < -0.3 is 25.0 Å². The van der Waals surface area contributed by atoms with E-state index in [2.05, 4.69) is 35.5 Å². The van der Waals surface area contributed by atoms with Crippen molar-refractivity contribution in [2.75, 3.05) is 19.7 Å². The van der Waals surface area contributed by atoms with E-state index in [-0.39, 0.29) is 11.9 Å². The number of aromatic hydroxyl groups is 1. The largest absolute Gasteiger partial charge is 0.504 e. The first-order chi connectivity index (χ1) is 18.5. The lowest BCUT2D eigenvalue weighted by Gasteiger charge is -2.22. The monoisotopic (exact) mass is 523 g/mol. The second-order valence-corrected chi connectivity index (χ2v) is 11.1. The average molecular weight is 524 g/mol. The van der Waals surface area contributed by atoms with Crippen LogP contribution >= 0.6 is 0 Å². The van der Waals surface area contributed by atoms with E-state index in [4.69, 9.17) is 9.47 Å². The molecular weight excluding hydrogens is 476 g/mol. The summed E-state index contributed by atoms with van der Waals surface area (Å²) >= 11 is 0. The highest BCUT2D eigenvalue weighted by Crippen LogP contribution is 2.38. The van der Waals surface area contributed by atoms with Crippen molar-refractivity contribution >= 4 is 6.21 Å². The van der Waals surface area contributed by atoms with Crippen LogP contribution in [0.2, 0.25) is 0 Å². The summed E-state index contributed by atoms with van der Waals surface area (Å²) in [5.74, 6) is 3.10. The fourth-order valence-corrected chi connectivity index (χ4v) is 5.74. The lowest BCUT2D eigenvalue weighted by Crippen LogP contribution is -2.35. The SMILES string of the molecule is CCCCC1C=C[C-](CCc2ccc(O)c(OCCC3=C[C+](C(CNCC(C)O)C4CCCC4)C=N3)c2)[OH+]1. The lowest BCUT2D eigenvalue weighted by atomic mass is 9.81. The Kier molecular flexibility index (Phi) is 11.0. The summed E-state index contributed by atoms with van der Waals surface area (Å²) in [5.41, 5.74) is 2.17. The third-order valence-electron chi connectivity index (χ3n) is 7.92. The van der Waals surface area contributed by atoms with Crippen LogP contribution in [0, 0.1) is 23.9 Å². The first-order valence-electron chi connectivity index (χ1n) is 14.7. The van der Waals surface area contributed by atoms with Gasteiger partial charge in [0.25, 0.3) is 0 Å².